The molecule has 4 rings (SSSR count). The lowest BCUT2D eigenvalue weighted by Gasteiger charge is -2.63. The summed E-state index contributed by atoms with van der Waals surface area (Å²) in [4.78, 5) is 25.1. The molecule has 4 fully saturated rings. The number of rotatable bonds is 11. The van der Waals surface area contributed by atoms with Crippen LogP contribution in [0.25, 0.3) is 0 Å². The molecular weight excluding hydrogens is 532 g/mol. The summed E-state index contributed by atoms with van der Waals surface area (Å²) in [6.45, 7) is 17.3. The van der Waals surface area contributed by atoms with Gasteiger partial charge in [-0.1, -0.05) is 48.5 Å². The summed E-state index contributed by atoms with van der Waals surface area (Å²) in [5, 5.41) is 23.6. The van der Waals surface area contributed by atoms with Crippen molar-refractivity contribution in [1.29, 1.82) is 0 Å². The summed E-state index contributed by atoms with van der Waals surface area (Å²) < 4.78 is 17.0. The molecule has 0 bridgehead atoms. The first kappa shape index (κ1) is 33.7. The third kappa shape index (κ3) is 6.59. The molecule has 0 radical (unpaired) electrons. The van der Waals surface area contributed by atoms with E-state index in [2.05, 4.69) is 34.6 Å². The summed E-state index contributed by atoms with van der Waals surface area (Å²) in [7, 11) is 0. The highest BCUT2D eigenvalue weighted by atomic mass is 16.7. The van der Waals surface area contributed by atoms with Crippen molar-refractivity contribution in [3.05, 3.63) is 0 Å². The average molecular weight is 593 g/mol. The minimum absolute atomic E-state index is 0.0350. The van der Waals surface area contributed by atoms with E-state index in [1.54, 1.807) is 6.92 Å². The molecule has 0 amide bonds. The predicted octanol–water partition coefficient (Wildman–Crippen LogP) is 6.52. The second kappa shape index (κ2) is 13.4. The van der Waals surface area contributed by atoms with Crippen LogP contribution >= 0.6 is 0 Å². The Balaban J connectivity index is 1.40. The molecule has 4 aliphatic carbocycles. The van der Waals surface area contributed by atoms with Gasteiger partial charge in [0.15, 0.2) is 6.29 Å². The Morgan fingerprint density at radius 2 is 1.67 bits per heavy atom. The number of hydrogen-bond donors (Lipinski definition) is 2. The molecule has 42 heavy (non-hydrogen) atoms. The molecule has 0 heterocycles. The van der Waals surface area contributed by atoms with Crippen LogP contribution in [0.4, 0.5) is 0 Å². The Kier molecular flexibility index (Phi) is 10.8. The first-order valence-electron chi connectivity index (χ1n) is 17.1. The van der Waals surface area contributed by atoms with Gasteiger partial charge in [0, 0.05) is 6.42 Å². The average Bonchev–Trinajstić information content (AvgIpc) is 3.29. The van der Waals surface area contributed by atoms with Crippen molar-refractivity contribution in [2.24, 2.45) is 58.2 Å². The Bertz CT molecular complexity index is 936. The number of carbonyl (C=O) groups excluding carboxylic acids is 2. The van der Waals surface area contributed by atoms with Gasteiger partial charge < -0.3 is 24.4 Å². The van der Waals surface area contributed by atoms with Crippen LogP contribution in [0.5, 0.6) is 0 Å². The van der Waals surface area contributed by atoms with Crippen molar-refractivity contribution in [3.8, 4) is 0 Å². The quantitative estimate of drug-likeness (QED) is 0.208. The van der Waals surface area contributed by atoms with Gasteiger partial charge in [-0.15, -0.1) is 0 Å². The standard InChI is InChI=1S/C35H60O7/c1-9-21(4)33(39)42-25-14-15-34(7)24(16-25)17-29(36)32-27-12-11-26(35(27,8)30(37)18-28(32)34)22(5)10-13-31(38)41-23(6)40-19-20(2)3/h20-30,32,36-37H,9-19H2,1-8H3. The number of hydrogen-bond acceptors (Lipinski definition) is 7. The van der Waals surface area contributed by atoms with Gasteiger partial charge in [0.1, 0.15) is 6.10 Å². The number of ether oxygens (including phenoxy) is 3. The van der Waals surface area contributed by atoms with Crippen LogP contribution in [0, 0.1) is 58.2 Å². The zero-order chi connectivity index (χ0) is 31.0. The van der Waals surface area contributed by atoms with E-state index in [4.69, 9.17) is 14.2 Å². The SMILES string of the molecule is CCC(C)C(=O)OC1CCC2(C)C(C1)CC(O)C1C2CC(O)C2(C)C(C(C)CCC(=O)OC(C)OCC(C)C)CCC12. The fourth-order valence-corrected chi connectivity index (χ4v) is 9.82. The van der Waals surface area contributed by atoms with Crippen LogP contribution in [0.2, 0.25) is 0 Å². The molecule has 4 aliphatic rings. The van der Waals surface area contributed by atoms with Crippen LogP contribution in [-0.4, -0.2) is 53.4 Å². The van der Waals surface area contributed by atoms with Crippen molar-refractivity contribution in [3.63, 3.8) is 0 Å². The predicted molar refractivity (Wildman–Crippen MR) is 162 cm³/mol. The normalized spacial score (nSPS) is 41.7. The first-order chi connectivity index (χ1) is 19.7. The second-order valence-corrected chi connectivity index (χ2v) is 15.5. The highest BCUT2D eigenvalue weighted by molar-refractivity contribution is 5.72. The molecule has 7 heteroatoms. The van der Waals surface area contributed by atoms with Gasteiger partial charge in [0.05, 0.1) is 24.7 Å². The third-order valence-corrected chi connectivity index (χ3v) is 12.6. The van der Waals surface area contributed by atoms with Gasteiger partial charge in [-0.05, 0) is 117 Å². The summed E-state index contributed by atoms with van der Waals surface area (Å²) in [5.74, 6) is 1.55. The lowest BCUT2D eigenvalue weighted by atomic mass is 9.43. The van der Waals surface area contributed by atoms with E-state index in [-0.39, 0.29) is 58.5 Å². The zero-order valence-corrected chi connectivity index (χ0v) is 27.6. The van der Waals surface area contributed by atoms with Crippen LogP contribution < -0.4 is 0 Å². The number of fused-ring (bicyclic) bond motifs is 5. The number of esters is 2. The van der Waals surface area contributed by atoms with Crippen molar-refractivity contribution in [1.82, 2.24) is 0 Å². The van der Waals surface area contributed by atoms with Gasteiger partial charge in [0.2, 0.25) is 0 Å². The minimum atomic E-state index is -0.541. The molecule has 13 unspecified atom stereocenters. The van der Waals surface area contributed by atoms with Crippen molar-refractivity contribution in [2.45, 2.75) is 144 Å². The maximum Gasteiger partial charge on any atom is 0.308 e. The molecule has 7 nitrogen and oxygen atoms in total. The Morgan fingerprint density at radius 3 is 2.33 bits per heavy atom. The fraction of sp³-hybridized carbons (Fsp3) is 0.943. The molecule has 0 spiro atoms. The summed E-state index contributed by atoms with van der Waals surface area (Å²) in [6.07, 6.45) is 6.57. The molecule has 0 aliphatic heterocycles. The smallest absolute Gasteiger partial charge is 0.308 e. The van der Waals surface area contributed by atoms with Crippen molar-refractivity contribution in [2.75, 3.05) is 6.61 Å². The summed E-state index contributed by atoms with van der Waals surface area (Å²) in [5.41, 5.74) is -0.237. The van der Waals surface area contributed by atoms with Gasteiger partial charge in [-0.25, -0.2) is 0 Å². The van der Waals surface area contributed by atoms with Crippen molar-refractivity contribution >= 4 is 11.9 Å². The van der Waals surface area contributed by atoms with Crippen molar-refractivity contribution < 1.29 is 34.0 Å². The monoisotopic (exact) mass is 592 g/mol. The van der Waals surface area contributed by atoms with E-state index in [0.717, 1.165) is 57.8 Å². The maximum atomic E-state index is 12.6. The summed E-state index contributed by atoms with van der Waals surface area (Å²) in [6, 6.07) is 0. The fourth-order valence-electron chi connectivity index (χ4n) is 9.82. The van der Waals surface area contributed by atoms with Gasteiger partial charge in [-0.2, -0.15) is 0 Å². The van der Waals surface area contributed by atoms with Crippen LogP contribution in [0.1, 0.15) is 120 Å². The number of aliphatic hydroxyl groups excluding tert-OH is 2. The van der Waals surface area contributed by atoms with Crippen LogP contribution in [0.15, 0.2) is 0 Å². The van der Waals surface area contributed by atoms with E-state index >= 15 is 0 Å². The van der Waals surface area contributed by atoms with Gasteiger partial charge in [0.25, 0.3) is 0 Å². The maximum absolute atomic E-state index is 12.6. The number of carbonyl (C=O) groups is 2. The van der Waals surface area contributed by atoms with Crippen LogP contribution in [0.3, 0.4) is 0 Å². The third-order valence-electron chi connectivity index (χ3n) is 12.6. The van der Waals surface area contributed by atoms with E-state index < -0.39 is 18.5 Å². The Hall–Kier alpha value is -1.18. The lowest BCUT2D eigenvalue weighted by Crippen LogP contribution is -2.62. The molecule has 4 saturated carbocycles. The molecule has 0 aromatic rings. The first-order valence-corrected chi connectivity index (χ1v) is 17.1. The second-order valence-electron chi connectivity index (χ2n) is 15.5. The molecule has 2 N–H and O–H groups in total. The number of aliphatic hydroxyl groups is 2. The zero-order valence-electron chi connectivity index (χ0n) is 27.6. The van der Waals surface area contributed by atoms with E-state index in [0.29, 0.717) is 30.8 Å². The van der Waals surface area contributed by atoms with Gasteiger partial charge >= 0.3 is 11.9 Å². The molecule has 0 saturated heterocycles. The minimum Gasteiger partial charge on any atom is -0.462 e. The van der Waals surface area contributed by atoms with Gasteiger partial charge in [-0.3, -0.25) is 9.59 Å². The Labute approximate surface area is 254 Å². The molecule has 0 aromatic heterocycles. The molecule has 13 atom stereocenters. The lowest BCUT2D eigenvalue weighted by molar-refractivity contribution is -0.210. The van der Waals surface area contributed by atoms with E-state index in [9.17, 15) is 19.8 Å². The Morgan fingerprint density at radius 1 is 0.952 bits per heavy atom. The molecule has 0 aromatic carbocycles. The molecule has 242 valence electrons. The molecular formula is C35H60O7. The van der Waals surface area contributed by atoms with Crippen LogP contribution in [-0.2, 0) is 23.8 Å². The van der Waals surface area contributed by atoms with E-state index in [1.807, 2.05) is 13.8 Å². The van der Waals surface area contributed by atoms with E-state index in [1.165, 1.54) is 0 Å². The summed E-state index contributed by atoms with van der Waals surface area (Å²) >= 11 is 0. The highest BCUT2D eigenvalue weighted by Crippen LogP contribution is 2.68. The topological polar surface area (TPSA) is 102 Å². The largest absolute Gasteiger partial charge is 0.462 e. The highest BCUT2D eigenvalue weighted by Gasteiger charge is 2.65.